The number of halogens is 5. The zero-order valence-electron chi connectivity index (χ0n) is 20.7. The van der Waals surface area contributed by atoms with E-state index in [1.165, 1.54) is 25.1 Å². The molecule has 0 spiro atoms. The summed E-state index contributed by atoms with van der Waals surface area (Å²) in [7, 11) is 0. The molecule has 0 aliphatic carbocycles. The number of aliphatic hydroxyl groups is 1. The van der Waals surface area contributed by atoms with Gasteiger partial charge in [0.2, 0.25) is 11.5 Å². The van der Waals surface area contributed by atoms with Crippen molar-refractivity contribution in [3.63, 3.8) is 0 Å². The molecule has 2 amide bonds. The maximum Gasteiger partial charge on any atom is 0.424 e. The molecule has 0 saturated carbocycles. The molecule has 4 aromatic rings. The van der Waals surface area contributed by atoms with Crippen molar-refractivity contribution in [1.29, 1.82) is 0 Å². The summed E-state index contributed by atoms with van der Waals surface area (Å²) in [5, 5.41) is 14.0. The number of alkyl halides is 3. The van der Waals surface area contributed by atoms with E-state index in [1.807, 2.05) is 0 Å². The first-order chi connectivity index (χ1) is 18.7. The Bertz CT molecular complexity index is 1660. The number of aromatic nitrogens is 2. The number of ether oxygens (including phenoxy) is 1. The van der Waals surface area contributed by atoms with Gasteiger partial charge in [-0.2, -0.15) is 13.2 Å². The Labute approximate surface area is 229 Å². The lowest BCUT2D eigenvalue weighted by Crippen LogP contribution is -2.52. The van der Waals surface area contributed by atoms with Crippen LogP contribution >= 0.6 is 11.6 Å². The second-order valence-corrected chi connectivity index (χ2v) is 10.1. The summed E-state index contributed by atoms with van der Waals surface area (Å²) in [4.78, 5) is 32.0. The number of H-pyrrole nitrogens is 1. The fourth-order valence-corrected chi connectivity index (χ4v) is 4.71. The third-order valence-corrected chi connectivity index (χ3v) is 7.32. The molecule has 0 radical (unpaired) electrons. The minimum Gasteiger partial charge on any atom is -0.489 e. The highest BCUT2D eigenvalue weighted by Crippen LogP contribution is 2.47. The molecule has 0 fully saturated rings. The van der Waals surface area contributed by atoms with Crippen LogP contribution in [0.3, 0.4) is 0 Å². The van der Waals surface area contributed by atoms with Crippen LogP contribution in [0.2, 0.25) is 5.02 Å². The molecule has 1 aliphatic rings. The fourth-order valence-electron chi connectivity index (χ4n) is 4.48. The molecule has 5 rings (SSSR count). The summed E-state index contributed by atoms with van der Waals surface area (Å²) in [6.45, 7) is -0.239. The molecule has 1 unspecified atom stereocenters. The first kappa shape index (κ1) is 27.4. The van der Waals surface area contributed by atoms with Crippen LogP contribution in [0.25, 0.3) is 22.2 Å². The number of amides is 2. The van der Waals surface area contributed by atoms with Crippen LogP contribution in [-0.2, 0) is 15.8 Å². The Balaban J connectivity index is 1.59. The van der Waals surface area contributed by atoms with Crippen LogP contribution in [0.5, 0.6) is 5.75 Å². The van der Waals surface area contributed by atoms with E-state index in [0.29, 0.717) is 15.9 Å². The lowest BCUT2D eigenvalue weighted by molar-refractivity contribution is -0.265. The van der Waals surface area contributed by atoms with Gasteiger partial charge in [-0.15, -0.1) is 0 Å². The molecule has 13 heteroatoms. The summed E-state index contributed by atoms with van der Waals surface area (Å²) in [5.41, 5.74) is -0.270. The average Bonchev–Trinajstić information content (AvgIpc) is 3.50. The number of carbonyl (C=O) groups is 2. The van der Waals surface area contributed by atoms with Gasteiger partial charge < -0.3 is 25.9 Å². The summed E-state index contributed by atoms with van der Waals surface area (Å²) < 4.78 is 62.8. The third-order valence-electron chi connectivity index (χ3n) is 6.99. The molecular weight excluding hydrogens is 556 g/mol. The molecule has 8 nitrogen and oxygen atoms in total. The van der Waals surface area contributed by atoms with E-state index in [4.69, 9.17) is 22.1 Å². The predicted octanol–water partition coefficient (Wildman–Crippen LogP) is 4.34. The highest BCUT2D eigenvalue weighted by Gasteiger charge is 2.57. The van der Waals surface area contributed by atoms with Crippen LogP contribution in [-0.4, -0.2) is 46.2 Å². The number of hydrogen-bond acceptors (Lipinski definition) is 5. The zero-order valence-corrected chi connectivity index (χ0v) is 21.5. The summed E-state index contributed by atoms with van der Waals surface area (Å²) in [6.07, 6.45) is -5.34. The van der Waals surface area contributed by atoms with E-state index in [-0.39, 0.29) is 34.9 Å². The Morgan fingerprint density at radius 3 is 2.52 bits per heavy atom. The number of nitrogens with zero attached hydrogens (tertiary/aromatic N) is 1. The molecule has 5 N–H and O–H groups in total. The van der Waals surface area contributed by atoms with Crippen molar-refractivity contribution in [2.24, 2.45) is 5.73 Å². The van der Waals surface area contributed by atoms with Gasteiger partial charge in [0.1, 0.15) is 35.0 Å². The molecule has 2 atom stereocenters. The maximum absolute atomic E-state index is 14.5. The quantitative estimate of drug-likeness (QED) is 0.254. The van der Waals surface area contributed by atoms with Gasteiger partial charge in [0.25, 0.3) is 5.91 Å². The number of primary amides is 1. The van der Waals surface area contributed by atoms with Crippen molar-refractivity contribution >= 4 is 34.3 Å². The number of nitrogens with one attached hydrogen (secondary N) is 2. The monoisotopic (exact) mass is 576 g/mol. The molecule has 2 aromatic carbocycles. The zero-order chi connectivity index (χ0) is 29.0. The second-order valence-electron chi connectivity index (χ2n) is 9.65. The Morgan fingerprint density at radius 1 is 1.20 bits per heavy atom. The largest absolute Gasteiger partial charge is 0.489 e. The molecule has 0 bridgehead atoms. The van der Waals surface area contributed by atoms with Gasteiger partial charge in [-0.25, -0.2) is 9.37 Å². The number of rotatable bonds is 6. The summed E-state index contributed by atoms with van der Waals surface area (Å²) in [6, 6.07) is 11.8. The van der Waals surface area contributed by atoms with Crippen molar-refractivity contribution in [1.82, 2.24) is 15.3 Å². The van der Waals surface area contributed by atoms with Gasteiger partial charge in [-0.05, 0) is 55.5 Å². The highest BCUT2D eigenvalue weighted by atomic mass is 35.5. The topological polar surface area (TPSA) is 130 Å². The molecule has 0 saturated heterocycles. The van der Waals surface area contributed by atoms with Crippen molar-refractivity contribution in [3.8, 4) is 17.0 Å². The minimum absolute atomic E-state index is 0.0276. The first-order valence-corrected chi connectivity index (χ1v) is 12.2. The van der Waals surface area contributed by atoms with Crippen molar-refractivity contribution in [2.45, 2.75) is 24.1 Å². The van der Waals surface area contributed by atoms with Crippen molar-refractivity contribution < 1.29 is 37.0 Å². The Morgan fingerprint density at radius 2 is 1.90 bits per heavy atom. The normalized spacial score (nSPS) is 18.2. The van der Waals surface area contributed by atoms with Gasteiger partial charge in [0.15, 0.2) is 0 Å². The number of fused-ring (bicyclic) bond motifs is 2. The van der Waals surface area contributed by atoms with Crippen LogP contribution in [0, 0.1) is 5.82 Å². The number of nitrogens with two attached hydrogens (primary N) is 1. The maximum atomic E-state index is 14.5. The van der Waals surface area contributed by atoms with Gasteiger partial charge >= 0.3 is 6.18 Å². The van der Waals surface area contributed by atoms with Crippen molar-refractivity contribution in [3.05, 3.63) is 82.4 Å². The van der Waals surface area contributed by atoms with E-state index >= 15 is 0 Å². The lowest BCUT2D eigenvalue weighted by atomic mass is 9.81. The number of benzene rings is 2. The number of hydrogen-bond donors (Lipinski definition) is 4. The fraction of sp³-hybridized carbons (Fsp3) is 0.222. The van der Waals surface area contributed by atoms with Crippen LogP contribution in [0.15, 0.2) is 54.6 Å². The number of pyridine rings is 1. The summed E-state index contributed by atoms with van der Waals surface area (Å²) >= 11 is 6.12. The van der Waals surface area contributed by atoms with E-state index in [9.17, 15) is 32.3 Å². The smallest absolute Gasteiger partial charge is 0.424 e. The molecule has 3 heterocycles. The molecular formula is C27H21ClF4N4O4. The van der Waals surface area contributed by atoms with Gasteiger partial charge in [0, 0.05) is 27.1 Å². The van der Waals surface area contributed by atoms with Crippen LogP contribution < -0.4 is 15.8 Å². The molecule has 208 valence electrons. The second kappa shape index (κ2) is 9.49. The van der Waals surface area contributed by atoms with Gasteiger partial charge in [0.05, 0.1) is 12.2 Å². The van der Waals surface area contributed by atoms with Crippen molar-refractivity contribution in [2.75, 3.05) is 13.2 Å². The minimum atomic E-state index is -5.34. The third kappa shape index (κ3) is 4.42. The van der Waals surface area contributed by atoms with Gasteiger partial charge in [-0.3, -0.25) is 9.59 Å². The average molecular weight is 577 g/mol. The van der Waals surface area contributed by atoms with E-state index in [0.717, 1.165) is 18.2 Å². The van der Waals surface area contributed by atoms with Crippen LogP contribution in [0.4, 0.5) is 17.6 Å². The van der Waals surface area contributed by atoms with Gasteiger partial charge in [-0.1, -0.05) is 17.7 Å². The molecule has 1 aliphatic heterocycles. The van der Waals surface area contributed by atoms with Crippen LogP contribution in [0.1, 0.15) is 28.7 Å². The summed E-state index contributed by atoms with van der Waals surface area (Å²) in [5.74, 6) is -2.46. The lowest BCUT2D eigenvalue weighted by Gasteiger charge is -2.31. The Kier molecular flexibility index (Phi) is 6.50. The number of aromatic amines is 1. The van der Waals surface area contributed by atoms with E-state index in [1.54, 1.807) is 18.2 Å². The first-order valence-electron chi connectivity index (χ1n) is 11.8. The highest BCUT2D eigenvalue weighted by molar-refractivity contribution is 6.35. The predicted molar refractivity (Wildman–Crippen MR) is 137 cm³/mol. The molecule has 40 heavy (non-hydrogen) atoms. The Hall–Kier alpha value is -4.16. The standard InChI is InChI=1S/C27H21ClF4N4O4/c1-25(24(33)38)12-40-22-16(25)10-20(36-21(22)13-5-7-14(29)8-6-13)26(39,27(30,31)32)11-34-23(37)19-9-15-17(28)3-2-4-18(15)35-19/h2-10,35,39H,11-12H2,1H3,(H2,33,38)(H,34,37)/t25-,26?/m0/s1. The SMILES string of the molecule is C[C@]1(C(N)=O)COc2c1cc(C(O)(CNC(=O)c1cc3c(Cl)cccc3[nH]1)C(F)(F)F)nc2-c1ccc(F)cc1. The number of carbonyl (C=O) groups excluding carboxylic acids is 2. The molecule has 2 aromatic heterocycles. The van der Waals surface area contributed by atoms with E-state index < -0.39 is 47.1 Å². The van der Waals surface area contributed by atoms with E-state index in [2.05, 4.69) is 15.3 Å².